The van der Waals surface area contributed by atoms with Crippen molar-refractivity contribution in [3.63, 3.8) is 0 Å². The molecule has 0 radical (unpaired) electrons. The molecule has 1 heterocycles. The summed E-state index contributed by atoms with van der Waals surface area (Å²) >= 11 is 0. The molecule has 40 heavy (non-hydrogen) atoms. The minimum atomic E-state index is -0.426. The first kappa shape index (κ1) is 30.8. The summed E-state index contributed by atoms with van der Waals surface area (Å²) in [5.41, 5.74) is 2.76. The zero-order valence-electron chi connectivity index (χ0n) is 24.5. The summed E-state index contributed by atoms with van der Waals surface area (Å²) in [6.07, 6.45) is 8.19. The molecular weight excluding hydrogens is 506 g/mol. The summed E-state index contributed by atoms with van der Waals surface area (Å²) in [4.78, 5) is 13.6. The molecule has 1 aromatic heterocycles. The van der Waals surface area contributed by atoms with Crippen LogP contribution in [0, 0.1) is 0 Å². The van der Waals surface area contributed by atoms with Crippen LogP contribution in [0.5, 0.6) is 23.0 Å². The molecule has 0 unspecified atom stereocenters. The Labute approximate surface area is 237 Å². The summed E-state index contributed by atoms with van der Waals surface area (Å²) in [5, 5.41) is 14.2. The lowest BCUT2D eigenvalue weighted by Gasteiger charge is -2.14. The Morgan fingerprint density at radius 1 is 0.875 bits per heavy atom. The number of ether oxygens (including phenoxy) is 3. The molecule has 0 amide bonds. The number of allylic oxidation sites excluding steroid dienone is 2. The van der Waals surface area contributed by atoms with E-state index in [1.807, 2.05) is 64.1 Å². The van der Waals surface area contributed by atoms with Crippen LogP contribution in [0.2, 0.25) is 0 Å². The van der Waals surface area contributed by atoms with Crippen LogP contribution < -0.4 is 25.0 Å². The highest BCUT2D eigenvalue weighted by atomic mass is 16.5. The minimum Gasteiger partial charge on any atom is -0.507 e. The van der Waals surface area contributed by atoms with Crippen LogP contribution in [0.3, 0.4) is 0 Å². The Hall–Kier alpha value is -3.71. The van der Waals surface area contributed by atoms with Gasteiger partial charge in [-0.3, -0.25) is 4.79 Å². The third-order valence-corrected chi connectivity index (χ3v) is 6.21. The van der Waals surface area contributed by atoms with Crippen LogP contribution in [0.25, 0.3) is 22.3 Å². The van der Waals surface area contributed by atoms with Gasteiger partial charge in [0.25, 0.3) is 0 Å². The SMILES string of the molecule is CCCCCNCCCOc1c(-c2ccc(OCC=C(C)C)cc2)oc2cc(OCC=C(C)C)cc(O)c2c1=O. The third kappa shape index (κ3) is 9.19. The van der Waals surface area contributed by atoms with Gasteiger partial charge in [-0.15, -0.1) is 0 Å². The Morgan fingerprint density at radius 2 is 1.52 bits per heavy atom. The van der Waals surface area contributed by atoms with Crippen LogP contribution in [0.1, 0.15) is 60.3 Å². The number of phenols is 1. The van der Waals surface area contributed by atoms with Gasteiger partial charge in [-0.2, -0.15) is 0 Å². The number of phenolic OH excluding ortho intramolecular Hbond substituents is 1. The fourth-order valence-corrected chi connectivity index (χ4v) is 3.97. The molecule has 7 nitrogen and oxygen atoms in total. The van der Waals surface area contributed by atoms with E-state index in [1.54, 1.807) is 6.07 Å². The number of rotatable bonds is 16. The predicted octanol–water partition coefficient (Wildman–Crippen LogP) is 7.40. The highest BCUT2D eigenvalue weighted by Gasteiger charge is 2.21. The minimum absolute atomic E-state index is 0.0627. The third-order valence-electron chi connectivity index (χ3n) is 6.21. The molecule has 0 spiro atoms. The predicted molar refractivity (Wildman–Crippen MR) is 162 cm³/mol. The number of nitrogens with one attached hydrogen (secondary N) is 1. The summed E-state index contributed by atoms with van der Waals surface area (Å²) < 4.78 is 23.8. The van der Waals surface area contributed by atoms with Gasteiger partial charge in [0.15, 0.2) is 5.76 Å². The lowest BCUT2D eigenvalue weighted by Crippen LogP contribution is -2.19. The van der Waals surface area contributed by atoms with Gasteiger partial charge in [0.2, 0.25) is 11.2 Å². The van der Waals surface area contributed by atoms with Gasteiger partial charge >= 0.3 is 0 Å². The Bertz CT molecular complexity index is 1350. The molecule has 0 saturated carbocycles. The maximum absolute atomic E-state index is 13.6. The van der Waals surface area contributed by atoms with Gasteiger partial charge in [-0.05, 0) is 90.0 Å². The molecule has 0 aliphatic heterocycles. The number of hydrogen-bond donors (Lipinski definition) is 2. The first-order valence-electron chi connectivity index (χ1n) is 14.1. The molecule has 0 atom stereocenters. The second-order valence-electron chi connectivity index (χ2n) is 10.3. The van der Waals surface area contributed by atoms with E-state index < -0.39 is 5.43 Å². The van der Waals surface area contributed by atoms with Gasteiger partial charge < -0.3 is 29.1 Å². The fourth-order valence-electron chi connectivity index (χ4n) is 3.97. The molecule has 0 bridgehead atoms. The van der Waals surface area contributed by atoms with E-state index in [-0.39, 0.29) is 22.5 Å². The summed E-state index contributed by atoms with van der Waals surface area (Å²) in [5.74, 6) is 1.27. The summed E-state index contributed by atoms with van der Waals surface area (Å²) in [6, 6.07) is 10.4. The van der Waals surface area contributed by atoms with Gasteiger partial charge in [0, 0.05) is 17.7 Å². The van der Waals surface area contributed by atoms with Crippen molar-refractivity contribution in [1.82, 2.24) is 5.32 Å². The number of benzene rings is 2. The largest absolute Gasteiger partial charge is 0.507 e. The molecule has 0 aliphatic carbocycles. The number of unbranched alkanes of at least 4 members (excludes halogenated alkanes) is 2. The van der Waals surface area contributed by atoms with E-state index in [1.165, 1.54) is 24.5 Å². The van der Waals surface area contributed by atoms with Crippen molar-refractivity contribution in [3.8, 4) is 34.3 Å². The van der Waals surface area contributed by atoms with Crippen LogP contribution in [-0.2, 0) is 0 Å². The van der Waals surface area contributed by atoms with Gasteiger partial charge in [-0.25, -0.2) is 0 Å². The maximum atomic E-state index is 13.6. The monoisotopic (exact) mass is 549 g/mol. The smallest absolute Gasteiger partial charge is 0.239 e. The normalized spacial score (nSPS) is 10.8. The first-order valence-corrected chi connectivity index (χ1v) is 14.1. The quantitative estimate of drug-likeness (QED) is 0.142. The van der Waals surface area contributed by atoms with Crippen LogP contribution in [0.4, 0.5) is 0 Å². The van der Waals surface area contributed by atoms with Gasteiger partial charge in [0.05, 0.1) is 6.61 Å². The fraction of sp³-hybridized carbons (Fsp3) is 0.424. The molecule has 0 aliphatic rings. The van der Waals surface area contributed by atoms with E-state index in [4.69, 9.17) is 18.6 Å². The Kier molecular flexibility index (Phi) is 12.2. The Morgan fingerprint density at radius 3 is 2.17 bits per heavy atom. The van der Waals surface area contributed by atoms with E-state index in [2.05, 4.69) is 12.2 Å². The maximum Gasteiger partial charge on any atom is 0.239 e. The van der Waals surface area contributed by atoms with Crippen molar-refractivity contribution < 1.29 is 23.7 Å². The molecule has 0 fully saturated rings. The lowest BCUT2D eigenvalue weighted by molar-refractivity contribution is 0.300. The van der Waals surface area contributed by atoms with Crippen molar-refractivity contribution in [3.05, 3.63) is 69.9 Å². The van der Waals surface area contributed by atoms with Crippen molar-refractivity contribution in [2.75, 3.05) is 32.9 Å². The molecule has 7 heteroatoms. The number of hydrogen-bond acceptors (Lipinski definition) is 7. The Balaban J connectivity index is 1.91. The zero-order chi connectivity index (χ0) is 28.9. The molecule has 2 aromatic carbocycles. The van der Waals surface area contributed by atoms with Crippen molar-refractivity contribution in [1.29, 1.82) is 0 Å². The summed E-state index contributed by atoms with van der Waals surface area (Å²) in [6.45, 7) is 13.1. The average Bonchev–Trinajstić information content (AvgIpc) is 2.91. The van der Waals surface area contributed by atoms with Crippen molar-refractivity contribution in [2.24, 2.45) is 0 Å². The second-order valence-corrected chi connectivity index (χ2v) is 10.3. The summed E-state index contributed by atoms with van der Waals surface area (Å²) in [7, 11) is 0. The van der Waals surface area contributed by atoms with Crippen LogP contribution in [0.15, 0.2) is 68.9 Å². The van der Waals surface area contributed by atoms with E-state index >= 15 is 0 Å². The van der Waals surface area contributed by atoms with Crippen LogP contribution in [-0.4, -0.2) is 38.0 Å². The van der Waals surface area contributed by atoms with E-state index in [9.17, 15) is 9.90 Å². The highest BCUT2D eigenvalue weighted by Crippen LogP contribution is 2.36. The molecular formula is C33H43NO6. The molecule has 3 aromatic rings. The lowest BCUT2D eigenvalue weighted by atomic mass is 10.1. The van der Waals surface area contributed by atoms with Gasteiger partial charge in [-0.1, -0.05) is 30.9 Å². The topological polar surface area (TPSA) is 90.2 Å². The van der Waals surface area contributed by atoms with E-state index in [0.717, 1.165) is 31.5 Å². The number of fused-ring (bicyclic) bond motifs is 1. The van der Waals surface area contributed by atoms with Crippen molar-refractivity contribution >= 4 is 11.0 Å². The number of aromatic hydroxyl groups is 1. The van der Waals surface area contributed by atoms with E-state index in [0.29, 0.717) is 42.6 Å². The average molecular weight is 550 g/mol. The second kappa shape index (κ2) is 15.8. The molecule has 3 rings (SSSR count). The molecule has 216 valence electrons. The standard InChI is InChI=1S/C33H43NO6/c1-6-7-8-16-34-17-9-18-39-33-31(36)30-28(35)21-27(38-20-15-24(4)5)22-29(30)40-32(33)25-10-12-26(13-11-25)37-19-14-23(2)3/h10-15,21-22,34-35H,6-9,16-20H2,1-5H3. The van der Waals surface area contributed by atoms with Gasteiger partial charge in [0.1, 0.15) is 41.4 Å². The molecule has 2 N–H and O–H groups in total. The zero-order valence-corrected chi connectivity index (χ0v) is 24.5. The molecule has 0 saturated heterocycles. The first-order chi connectivity index (χ1) is 19.3. The van der Waals surface area contributed by atoms with Crippen molar-refractivity contribution in [2.45, 2.75) is 60.3 Å². The van der Waals surface area contributed by atoms with Crippen LogP contribution >= 0.6 is 0 Å². The highest BCUT2D eigenvalue weighted by molar-refractivity contribution is 5.88.